The maximum Gasteiger partial charge on any atom is 0.306 e. The highest BCUT2D eigenvalue weighted by atomic mass is 16.6. The van der Waals surface area contributed by atoms with Crippen molar-refractivity contribution >= 4 is 17.9 Å². The number of unbranched alkanes of at least 4 members (excludes halogenated alkanes) is 26. The highest BCUT2D eigenvalue weighted by Crippen LogP contribution is 2.16. The molecule has 0 aliphatic carbocycles. The number of hydrogen-bond acceptors (Lipinski definition) is 6. The van der Waals surface area contributed by atoms with E-state index in [1.165, 1.54) is 141 Å². The normalized spacial score (nSPS) is 12.1. The SMILES string of the molecule is CCCCCCCCCCCCCCCCC(=O)OC[C@@H](COC(=O)CCCCCCCCC(C)C)OC(=O)CCCCCCCCCCCC(C)C. The van der Waals surface area contributed by atoms with Gasteiger partial charge in [-0.25, -0.2) is 0 Å². The Labute approximate surface area is 329 Å². The van der Waals surface area contributed by atoms with E-state index in [1.54, 1.807) is 0 Å². The molecule has 0 aromatic rings. The van der Waals surface area contributed by atoms with E-state index in [1.807, 2.05) is 0 Å². The Morgan fingerprint density at radius 2 is 0.623 bits per heavy atom. The number of hydrogen-bond donors (Lipinski definition) is 0. The highest BCUT2D eigenvalue weighted by Gasteiger charge is 2.19. The zero-order chi connectivity index (χ0) is 39.0. The maximum absolute atomic E-state index is 12.7. The topological polar surface area (TPSA) is 78.9 Å². The van der Waals surface area contributed by atoms with Crippen LogP contribution in [0.2, 0.25) is 0 Å². The van der Waals surface area contributed by atoms with Crippen LogP contribution in [0.1, 0.15) is 253 Å². The van der Waals surface area contributed by atoms with Crippen LogP contribution in [0.5, 0.6) is 0 Å². The minimum atomic E-state index is -0.761. The van der Waals surface area contributed by atoms with Crippen molar-refractivity contribution in [3.63, 3.8) is 0 Å². The average molecular weight is 751 g/mol. The van der Waals surface area contributed by atoms with E-state index in [-0.39, 0.29) is 31.1 Å². The molecule has 0 spiro atoms. The Bertz CT molecular complexity index is 809. The quantitative estimate of drug-likeness (QED) is 0.0352. The van der Waals surface area contributed by atoms with Crippen molar-refractivity contribution < 1.29 is 28.6 Å². The van der Waals surface area contributed by atoms with E-state index < -0.39 is 6.10 Å². The number of carbonyl (C=O) groups is 3. The van der Waals surface area contributed by atoms with Gasteiger partial charge in [0.2, 0.25) is 0 Å². The molecule has 0 amide bonds. The van der Waals surface area contributed by atoms with Gasteiger partial charge in [-0.3, -0.25) is 14.4 Å². The molecule has 0 saturated heterocycles. The smallest absolute Gasteiger partial charge is 0.306 e. The van der Waals surface area contributed by atoms with Crippen LogP contribution in [0.15, 0.2) is 0 Å². The molecule has 1 atom stereocenters. The van der Waals surface area contributed by atoms with E-state index in [0.29, 0.717) is 19.3 Å². The van der Waals surface area contributed by atoms with Crippen LogP contribution in [0.3, 0.4) is 0 Å². The van der Waals surface area contributed by atoms with Gasteiger partial charge in [0.05, 0.1) is 0 Å². The second-order valence-electron chi connectivity index (χ2n) is 17.0. The third kappa shape index (κ3) is 41.4. The van der Waals surface area contributed by atoms with Crippen molar-refractivity contribution in [1.82, 2.24) is 0 Å². The minimum absolute atomic E-state index is 0.0655. The summed E-state index contributed by atoms with van der Waals surface area (Å²) in [6.45, 7) is 11.3. The Morgan fingerprint density at radius 1 is 0.358 bits per heavy atom. The monoisotopic (exact) mass is 751 g/mol. The molecule has 6 nitrogen and oxygen atoms in total. The molecular weight excluding hydrogens is 661 g/mol. The van der Waals surface area contributed by atoms with Gasteiger partial charge in [0, 0.05) is 19.3 Å². The summed E-state index contributed by atoms with van der Waals surface area (Å²) < 4.78 is 16.7. The largest absolute Gasteiger partial charge is 0.462 e. The average Bonchev–Trinajstić information content (AvgIpc) is 3.12. The Hall–Kier alpha value is -1.59. The van der Waals surface area contributed by atoms with Gasteiger partial charge >= 0.3 is 17.9 Å². The second-order valence-corrected chi connectivity index (χ2v) is 17.0. The van der Waals surface area contributed by atoms with E-state index in [2.05, 4.69) is 34.6 Å². The van der Waals surface area contributed by atoms with Crippen molar-refractivity contribution in [2.75, 3.05) is 13.2 Å². The van der Waals surface area contributed by atoms with Crippen LogP contribution < -0.4 is 0 Å². The summed E-state index contributed by atoms with van der Waals surface area (Å²) in [5.41, 5.74) is 0. The maximum atomic E-state index is 12.7. The van der Waals surface area contributed by atoms with E-state index >= 15 is 0 Å². The predicted octanol–water partition coefficient (Wildman–Crippen LogP) is 14.6. The molecule has 0 unspecified atom stereocenters. The van der Waals surface area contributed by atoms with Crippen LogP contribution in [-0.2, 0) is 28.6 Å². The molecule has 0 bridgehead atoms. The molecule has 0 radical (unpaired) electrons. The summed E-state index contributed by atoms with van der Waals surface area (Å²) in [5.74, 6) is 0.708. The van der Waals surface area contributed by atoms with Crippen LogP contribution in [0.4, 0.5) is 0 Å². The van der Waals surface area contributed by atoms with Gasteiger partial charge in [-0.1, -0.05) is 214 Å². The van der Waals surface area contributed by atoms with E-state index in [0.717, 1.165) is 69.6 Å². The lowest BCUT2D eigenvalue weighted by Gasteiger charge is -2.18. The fraction of sp³-hybridized carbons (Fsp3) is 0.936. The molecule has 0 rings (SSSR count). The van der Waals surface area contributed by atoms with Gasteiger partial charge in [0.1, 0.15) is 13.2 Å². The van der Waals surface area contributed by atoms with Crippen LogP contribution >= 0.6 is 0 Å². The fourth-order valence-corrected chi connectivity index (χ4v) is 6.93. The van der Waals surface area contributed by atoms with Gasteiger partial charge in [0.15, 0.2) is 6.10 Å². The predicted molar refractivity (Wildman–Crippen MR) is 224 cm³/mol. The molecule has 0 aromatic carbocycles. The number of rotatable bonds is 41. The lowest BCUT2D eigenvalue weighted by molar-refractivity contribution is -0.167. The molecule has 53 heavy (non-hydrogen) atoms. The Balaban J connectivity index is 4.31. The Morgan fingerprint density at radius 3 is 0.925 bits per heavy atom. The number of carbonyl (C=O) groups excluding carboxylic acids is 3. The molecule has 314 valence electrons. The van der Waals surface area contributed by atoms with Crippen molar-refractivity contribution in [3.8, 4) is 0 Å². The Kier molecular flexibility index (Phi) is 38.9. The van der Waals surface area contributed by atoms with Crippen LogP contribution in [0, 0.1) is 11.8 Å². The molecule has 0 saturated carbocycles. The van der Waals surface area contributed by atoms with Gasteiger partial charge in [0.25, 0.3) is 0 Å². The molecule has 0 N–H and O–H groups in total. The van der Waals surface area contributed by atoms with Gasteiger partial charge in [-0.15, -0.1) is 0 Å². The third-order valence-electron chi connectivity index (χ3n) is 10.5. The first-order valence-electron chi connectivity index (χ1n) is 23.2. The summed E-state index contributed by atoms with van der Waals surface area (Å²) >= 11 is 0. The van der Waals surface area contributed by atoms with Gasteiger partial charge < -0.3 is 14.2 Å². The fourth-order valence-electron chi connectivity index (χ4n) is 6.93. The lowest BCUT2D eigenvalue weighted by atomic mass is 10.0. The van der Waals surface area contributed by atoms with Crippen molar-refractivity contribution in [1.29, 1.82) is 0 Å². The van der Waals surface area contributed by atoms with Crippen molar-refractivity contribution in [2.45, 2.75) is 259 Å². The number of ether oxygens (including phenoxy) is 3. The first-order chi connectivity index (χ1) is 25.7. The first kappa shape index (κ1) is 51.4. The minimum Gasteiger partial charge on any atom is -0.462 e. The molecule has 0 aliphatic rings. The summed E-state index contributed by atoms with van der Waals surface area (Å²) in [6.07, 6.45) is 38.1. The molecule has 6 heteroatoms. The molecular formula is C47H90O6. The van der Waals surface area contributed by atoms with Crippen LogP contribution in [0.25, 0.3) is 0 Å². The zero-order valence-corrected chi connectivity index (χ0v) is 36.1. The summed E-state index contributed by atoms with van der Waals surface area (Å²) in [6, 6.07) is 0. The van der Waals surface area contributed by atoms with Gasteiger partial charge in [-0.05, 0) is 31.1 Å². The molecule has 0 fully saturated rings. The van der Waals surface area contributed by atoms with Gasteiger partial charge in [-0.2, -0.15) is 0 Å². The third-order valence-corrected chi connectivity index (χ3v) is 10.5. The standard InChI is InChI=1S/C47H90O6/c1-6-7-8-9-10-11-12-13-14-15-18-21-27-32-37-45(48)51-40-44(41-52-46(49)38-33-28-24-23-26-31-36-43(4)5)53-47(50)39-34-29-22-19-16-17-20-25-30-35-42(2)3/h42-44H,6-41H2,1-5H3/t44-/m0/s1. The molecule has 0 aromatic heterocycles. The molecule has 0 heterocycles. The lowest BCUT2D eigenvalue weighted by Crippen LogP contribution is -2.30. The van der Waals surface area contributed by atoms with E-state index in [9.17, 15) is 14.4 Å². The van der Waals surface area contributed by atoms with E-state index in [4.69, 9.17) is 14.2 Å². The van der Waals surface area contributed by atoms with Crippen molar-refractivity contribution in [2.24, 2.45) is 11.8 Å². The second kappa shape index (κ2) is 40.1. The zero-order valence-electron chi connectivity index (χ0n) is 36.1. The number of esters is 3. The van der Waals surface area contributed by atoms with Crippen molar-refractivity contribution in [3.05, 3.63) is 0 Å². The highest BCUT2D eigenvalue weighted by molar-refractivity contribution is 5.71. The van der Waals surface area contributed by atoms with Crippen LogP contribution in [-0.4, -0.2) is 37.2 Å². The summed E-state index contributed by atoms with van der Waals surface area (Å²) in [5, 5.41) is 0. The first-order valence-corrected chi connectivity index (χ1v) is 23.2. The molecule has 0 aliphatic heterocycles. The summed E-state index contributed by atoms with van der Waals surface area (Å²) in [4.78, 5) is 37.7. The summed E-state index contributed by atoms with van der Waals surface area (Å²) in [7, 11) is 0.